The monoisotopic (exact) mass is 180 g/mol. The van der Waals surface area contributed by atoms with Crippen molar-refractivity contribution < 1.29 is 19.7 Å². The molecule has 2 fully saturated rings. The number of aliphatic hydroxyl groups is 2. The van der Waals surface area contributed by atoms with Crippen LogP contribution in [0.4, 0.5) is 0 Å². The van der Waals surface area contributed by atoms with Crippen molar-refractivity contribution >= 4 is 11.6 Å². The SMILES string of the molecule is OC1C2COC(O2)C(Cl)C1O. The zero-order valence-electron chi connectivity index (χ0n) is 5.68. The van der Waals surface area contributed by atoms with Crippen LogP contribution in [0.3, 0.4) is 0 Å². The van der Waals surface area contributed by atoms with Gasteiger partial charge < -0.3 is 19.7 Å². The second kappa shape index (κ2) is 2.57. The fraction of sp³-hybridized carbons (Fsp3) is 1.00. The van der Waals surface area contributed by atoms with E-state index in [1.165, 1.54) is 0 Å². The van der Waals surface area contributed by atoms with E-state index in [0.717, 1.165) is 0 Å². The summed E-state index contributed by atoms with van der Waals surface area (Å²) in [6.07, 6.45) is -2.83. The number of fused-ring (bicyclic) bond motifs is 2. The zero-order valence-corrected chi connectivity index (χ0v) is 6.44. The van der Waals surface area contributed by atoms with E-state index in [0.29, 0.717) is 6.61 Å². The van der Waals surface area contributed by atoms with Gasteiger partial charge in [-0.1, -0.05) is 0 Å². The standard InChI is InChI=1S/C6H9ClO4/c7-3-5(9)4(8)2-1-10-6(3)11-2/h2-6,8-9H,1H2. The highest BCUT2D eigenvalue weighted by molar-refractivity contribution is 6.21. The fourth-order valence-corrected chi connectivity index (χ4v) is 1.64. The highest BCUT2D eigenvalue weighted by Crippen LogP contribution is 2.30. The van der Waals surface area contributed by atoms with Crippen LogP contribution in [-0.2, 0) is 9.47 Å². The molecule has 0 aliphatic carbocycles. The maximum absolute atomic E-state index is 9.30. The van der Waals surface area contributed by atoms with Gasteiger partial charge in [-0.15, -0.1) is 11.6 Å². The van der Waals surface area contributed by atoms with Gasteiger partial charge in [0.25, 0.3) is 0 Å². The summed E-state index contributed by atoms with van der Waals surface area (Å²) in [5.41, 5.74) is 0. The van der Waals surface area contributed by atoms with E-state index in [2.05, 4.69) is 0 Å². The Balaban J connectivity index is 2.16. The van der Waals surface area contributed by atoms with Crippen molar-refractivity contribution in [2.75, 3.05) is 6.61 Å². The van der Waals surface area contributed by atoms with Crippen LogP contribution < -0.4 is 0 Å². The lowest BCUT2D eigenvalue weighted by Gasteiger charge is -2.31. The maximum atomic E-state index is 9.30. The highest BCUT2D eigenvalue weighted by Gasteiger charge is 2.48. The molecule has 0 saturated carbocycles. The van der Waals surface area contributed by atoms with Crippen LogP contribution in [0, 0.1) is 0 Å². The first-order valence-corrected chi connectivity index (χ1v) is 3.91. The average Bonchev–Trinajstić information content (AvgIpc) is 2.44. The number of hydrogen-bond acceptors (Lipinski definition) is 4. The van der Waals surface area contributed by atoms with E-state index in [-0.39, 0.29) is 0 Å². The highest BCUT2D eigenvalue weighted by atomic mass is 35.5. The van der Waals surface area contributed by atoms with E-state index in [9.17, 15) is 10.2 Å². The third-order valence-corrected chi connectivity index (χ3v) is 2.51. The van der Waals surface area contributed by atoms with Crippen LogP contribution in [-0.4, -0.2) is 46.8 Å². The Morgan fingerprint density at radius 3 is 2.73 bits per heavy atom. The molecule has 4 nitrogen and oxygen atoms in total. The number of aliphatic hydroxyl groups excluding tert-OH is 2. The summed E-state index contributed by atoms with van der Waals surface area (Å²) in [5.74, 6) is 0. The summed E-state index contributed by atoms with van der Waals surface area (Å²) >= 11 is 5.69. The minimum Gasteiger partial charge on any atom is -0.389 e. The Bertz CT molecular complexity index is 145. The van der Waals surface area contributed by atoms with Gasteiger partial charge in [-0.3, -0.25) is 0 Å². The molecule has 0 radical (unpaired) electrons. The maximum Gasteiger partial charge on any atom is 0.177 e. The van der Waals surface area contributed by atoms with Crippen LogP contribution >= 0.6 is 11.6 Å². The number of rotatable bonds is 0. The van der Waals surface area contributed by atoms with Gasteiger partial charge in [-0.25, -0.2) is 0 Å². The van der Waals surface area contributed by atoms with Crippen molar-refractivity contribution in [2.24, 2.45) is 0 Å². The largest absolute Gasteiger partial charge is 0.389 e. The molecule has 0 spiro atoms. The summed E-state index contributed by atoms with van der Waals surface area (Å²) in [4.78, 5) is 0. The molecule has 5 atom stereocenters. The summed E-state index contributed by atoms with van der Waals surface area (Å²) in [5, 5.41) is 17.9. The van der Waals surface area contributed by atoms with Crippen molar-refractivity contribution in [1.29, 1.82) is 0 Å². The van der Waals surface area contributed by atoms with Crippen molar-refractivity contribution in [3.05, 3.63) is 0 Å². The van der Waals surface area contributed by atoms with E-state index < -0.39 is 30.0 Å². The second-order valence-electron chi connectivity index (χ2n) is 2.80. The molecule has 5 unspecified atom stereocenters. The van der Waals surface area contributed by atoms with Crippen molar-refractivity contribution in [3.63, 3.8) is 0 Å². The van der Waals surface area contributed by atoms with Crippen molar-refractivity contribution in [2.45, 2.75) is 30.0 Å². The van der Waals surface area contributed by atoms with Gasteiger partial charge in [0.05, 0.1) is 6.61 Å². The Morgan fingerprint density at radius 2 is 2.00 bits per heavy atom. The summed E-state index contributed by atoms with van der Waals surface area (Å²) in [6.45, 7) is 0.312. The lowest BCUT2D eigenvalue weighted by atomic mass is 10.0. The van der Waals surface area contributed by atoms with Crippen LogP contribution in [0.15, 0.2) is 0 Å². The summed E-state index contributed by atoms with van der Waals surface area (Å²) in [6, 6.07) is 0. The topological polar surface area (TPSA) is 58.9 Å². The first-order valence-electron chi connectivity index (χ1n) is 3.47. The number of alkyl halides is 1. The Hall–Kier alpha value is 0.130. The van der Waals surface area contributed by atoms with Gasteiger partial charge in [-0.2, -0.15) is 0 Å². The number of ether oxygens (including phenoxy) is 2. The molecule has 0 aromatic heterocycles. The van der Waals surface area contributed by atoms with Gasteiger partial charge in [0, 0.05) is 0 Å². The second-order valence-corrected chi connectivity index (χ2v) is 3.31. The van der Waals surface area contributed by atoms with Crippen LogP contribution in [0.2, 0.25) is 0 Å². The van der Waals surface area contributed by atoms with Gasteiger partial charge >= 0.3 is 0 Å². The predicted octanol–water partition coefficient (Wildman–Crippen LogP) is -0.929. The van der Waals surface area contributed by atoms with Crippen LogP contribution in [0.5, 0.6) is 0 Å². The first kappa shape index (κ1) is 7.76. The van der Waals surface area contributed by atoms with Gasteiger partial charge in [0.2, 0.25) is 0 Å². The number of hydrogen-bond donors (Lipinski definition) is 2. The zero-order chi connectivity index (χ0) is 8.01. The molecule has 0 aromatic rings. The van der Waals surface area contributed by atoms with Crippen molar-refractivity contribution in [3.8, 4) is 0 Å². The molecular weight excluding hydrogens is 172 g/mol. The van der Waals surface area contributed by atoms with Crippen LogP contribution in [0.25, 0.3) is 0 Å². The minimum absolute atomic E-state index is 0.312. The van der Waals surface area contributed by atoms with E-state index >= 15 is 0 Å². The fourth-order valence-electron chi connectivity index (χ4n) is 1.36. The molecule has 2 rings (SSSR count). The Morgan fingerprint density at radius 1 is 1.27 bits per heavy atom. The molecule has 2 saturated heterocycles. The molecule has 11 heavy (non-hydrogen) atoms. The molecule has 0 aromatic carbocycles. The molecule has 0 amide bonds. The predicted molar refractivity (Wildman–Crippen MR) is 36.3 cm³/mol. The van der Waals surface area contributed by atoms with Gasteiger partial charge in [-0.05, 0) is 0 Å². The molecule has 2 aliphatic rings. The lowest BCUT2D eigenvalue weighted by Crippen LogP contribution is -2.51. The van der Waals surface area contributed by atoms with Gasteiger partial charge in [0.1, 0.15) is 23.7 Å². The molecular formula is C6H9ClO4. The molecule has 5 heteroatoms. The molecule has 2 bridgehead atoms. The van der Waals surface area contributed by atoms with E-state index in [1.54, 1.807) is 0 Å². The van der Waals surface area contributed by atoms with Crippen LogP contribution in [0.1, 0.15) is 0 Å². The average molecular weight is 181 g/mol. The molecule has 64 valence electrons. The third kappa shape index (κ3) is 1.06. The molecule has 2 N–H and O–H groups in total. The lowest BCUT2D eigenvalue weighted by molar-refractivity contribution is -0.162. The first-order chi connectivity index (χ1) is 5.20. The quantitative estimate of drug-likeness (QED) is 0.473. The number of halogens is 1. The summed E-state index contributed by atoms with van der Waals surface area (Å²) in [7, 11) is 0. The smallest absolute Gasteiger partial charge is 0.177 e. The molecule has 2 aliphatic heterocycles. The Labute approximate surface area is 68.7 Å². The Kier molecular flexibility index (Phi) is 1.81. The normalized spacial score (nSPS) is 56.5. The minimum atomic E-state index is -0.942. The van der Waals surface area contributed by atoms with Crippen molar-refractivity contribution in [1.82, 2.24) is 0 Å². The third-order valence-electron chi connectivity index (χ3n) is 2.05. The van der Waals surface area contributed by atoms with E-state index in [4.69, 9.17) is 21.1 Å². The summed E-state index contributed by atoms with van der Waals surface area (Å²) < 4.78 is 10.2. The van der Waals surface area contributed by atoms with Gasteiger partial charge in [0.15, 0.2) is 6.29 Å². The van der Waals surface area contributed by atoms with E-state index in [1.807, 2.05) is 0 Å². The molecule has 2 heterocycles.